The fraction of sp³-hybridized carbons (Fsp3) is 0.208. The second-order valence-electron chi connectivity index (χ2n) is 7.28. The number of nitrogens with zero attached hydrogens (tertiary/aromatic N) is 2. The minimum Gasteiger partial charge on any atom is -0.497 e. The van der Waals surface area contributed by atoms with Gasteiger partial charge in [0.1, 0.15) is 5.75 Å². The van der Waals surface area contributed by atoms with E-state index in [0.717, 1.165) is 40.3 Å². The van der Waals surface area contributed by atoms with E-state index in [9.17, 15) is 0 Å². The Bertz CT molecular complexity index is 1130. The Balaban J connectivity index is 1.62. The Morgan fingerprint density at radius 1 is 1.00 bits per heavy atom. The van der Waals surface area contributed by atoms with Gasteiger partial charge in [-0.25, -0.2) is 5.01 Å². The number of hydrazone groups is 1. The van der Waals surface area contributed by atoms with Gasteiger partial charge in [0.2, 0.25) is 6.23 Å². The molecule has 0 saturated heterocycles. The van der Waals surface area contributed by atoms with E-state index in [-0.39, 0.29) is 6.04 Å². The maximum atomic E-state index is 6.45. The number of hydrogen-bond acceptors (Lipinski definition) is 5. The summed E-state index contributed by atoms with van der Waals surface area (Å²) >= 11 is 6.28. The van der Waals surface area contributed by atoms with Crippen LogP contribution >= 0.6 is 11.6 Å². The minimum atomic E-state index is -0.402. The first-order chi connectivity index (χ1) is 14.7. The Labute approximate surface area is 180 Å². The van der Waals surface area contributed by atoms with Gasteiger partial charge in [-0.15, -0.1) is 0 Å². The van der Waals surface area contributed by atoms with Crippen molar-refractivity contribution in [2.45, 2.75) is 18.7 Å². The maximum Gasteiger partial charge on any atom is 0.214 e. The van der Waals surface area contributed by atoms with E-state index in [2.05, 4.69) is 12.1 Å². The normalized spacial score (nSPS) is 19.4. The Kier molecular flexibility index (Phi) is 4.75. The lowest BCUT2D eigenvalue weighted by Gasteiger charge is -2.38. The van der Waals surface area contributed by atoms with E-state index in [1.807, 2.05) is 59.6 Å². The number of fused-ring (bicyclic) bond motifs is 3. The molecule has 30 heavy (non-hydrogen) atoms. The predicted octanol–water partition coefficient (Wildman–Crippen LogP) is 5.60. The zero-order valence-corrected chi connectivity index (χ0v) is 17.5. The number of benzene rings is 3. The summed E-state index contributed by atoms with van der Waals surface area (Å²) in [5, 5.41) is 7.67. The third-order valence-corrected chi connectivity index (χ3v) is 5.77. The van der Waals surface area contributed by atoms with Crippen LogP contribution in [0.3, 0.4) is 0 Å². The number of rotatable bonds is 4. The van der Waals surface area contributed by atoms with Crippen LogP contribution in [0.4, 0.5) is 0 Å². The summed E-state index contributed by atoms with van der Waals surface area (Å²) in [5.41, 5.74) is 4.04. The van der Waals surface area contributed by atoms with Crippen LogP contribution in [0, 0.1) is 0 Å². The van der Waals surface area contributed by atoms with E-state index in [1.54, 1.807) is 14.2 Å². The first-order valence-corrected chi connectivity index (χ1v) is 10.1. The Hall–Kier alpha value is -3.18. The van der Waals surface area contributed by atoms with Crippen molar-refractivity contribution in [3.63, 3.8) is 0 Å². The van der Waals surface area contributed by atoms with Crippen molar-refractivity contribution in [3.05, 3.63) is 88.4 Å². The summed E-state index contributed by atoms with van der Waals surface area (Å²) in [6, 6.07) is 21.7. The molecule has 2 aliphatic heterocycles. The van der Waals surface area contributed by atoms with Crippen LogP contribution in [0.25, 0.3) is 0 Å². The van der Waals surface area contributed by atoms with Crippen LogP contribution < -0.4 is 14.2 Å². The lowest BCUT2D eigenvalue weighted by molar-refractivity contribution is -0.0208. The van der Waals surface area contributed by atoms with Crippen LogP contribution in [0.2, 0.25) is 5.02 Å². The second-order valence-corrected chi connectivity index (χ2v) is 7.72. The molecule has 2 heterocycles. The second kappa shape index (κ2) is 7.58. The van der Waals surface area contributed by atoms with Crippen LogP contribution in [-0.4, -0.2) is 24.9 Å². The van der Waals surface area contributed by atoms with Crippen LogP contribution in [0.15, 0.2) is 71.8 Å². The fourth-order valence-corrected chi connectivity index (χ4v) is 4.30. The van der Waals surface area contributed by atoms with Crippen molar-refractivity contribution in [2.75, 3.05) is 14.2 Å². The molecule has 0 saturated carbocycles. The number of ether oxygens (including phenoxy) is 3. The summed E-state index contributed by atoms with van der Waals surface area (Å²) in [5.74, 6) is 2.28. The van der Waals surface area contributed by atoms with Crippen LogP contribution in [0.1, 0.15) is 35.4 Å². The van der Waals surface area contributed by atoms with E-state index in [0.29, 0.717) is 10.8 Å². The predicted molar refractivity (Wildman–Crippen MR) is 117 cm³/mol. The summed E-state index contributed by atoms with van der Waals surface area (Å²) in [7, 11) is 3.33. The Morgan fingerprint density at radius 2 is 1.83 bits per heavy atom. The monoisotopic (exact) mass is 420 g/mol. The topological polar surface area (TPSA) is 43.3 Å². The summed E-state index contributed by atoms with van der Waals surface area (Å²) in [6.45, 7) is 0. The quantitative estimate of drug-likeness (QED) is 0.551. The molecule has 3 aromatic rings. The van der Waals surface area contributed by atoms with E-state index < -0.39 is 6.23 Å². The summed E-state index contributed by atoms with van der Waals surface area (Å²) < 4.78 is 17.4. The molecule has 0 N–H and O–H groups in total. The van der Waals surface area contributed by atoms with Gasteiger partial charge in [-0.2, -0.15) is 5.10 Å². The fourth-order valence-electron chi connectivity index (χ4n) is 4.10. The molecule has 0 spiro atoms. The highest BCUT2D eigenvalue weighted by Gasteiger charge is 2.42. The average molecular weight is 421 g/mol. The molecule has 5 rings (SSSR count). The van der Waals surface area contributed by atoms with Crippen molar-refractivity contribution in [1.82, 2.24) is 5.01 Å². The highest BCUT2D eigenvalue weighted by molar-refractivity contribution is 6.30. The SMILES string of the molecule is COc1cccc(C2=NN3C(C2)c2cccc(OC)c2OC3c2cccc(Cl)c2)c1. The first-order valence-electron chi connectivity index (χ1n) is 9.77. The van der Waals surface area contributed by atoms with Gasteiger partial charge in [0.15, 0.2) is 11.5 Å². The minimum absolute atomic E-state index is 0.0361. The maximum absolute atomic E-state index is 6.45. The van der Waals surface area contributed by atoms with Gasteiger partial charge in [0.25, 0.3) is 0 Å². The van der Waals surface area contributed by atoms with Gasteiger partial charge in [-0.05, 0) is 30.3 Å². The van der Waals surface area contributed by atoms with Gasteiger partial charge in [-0.1, -0.05) is 48.0 Å². The molecular weight excluding hydrogens is 400 g/mol. The van der Waals surface area contributed by atoms with Gasteiger partial charge in [0, 0.05) is 28.1 Å². The third-order valence-electron chi connectivity index (χ3n) is 5.54. The molecule has 5 nitrogen and oxygen atoms in total. The van der Waals surface area contributed by atoms with Gasteiger partial charge < -0.3 is 14.2 Å². The standard InChI is InChI=1S/C24H21ClN2O3/c1-28-18-9-4-6-15(13-18)20-14-21-19-10-5-11-22(29-2)23(19)30-24(27(21)26-20)16-7-3-8-17(25)12-16/h3-13,21,24H,14H2,1-2H3. The zero-order valence-electron chi connectivity index (χ0n) is 16.7. The van der Waals surface area contributed by atoms with Crippen molar-refractivity contribution < 1.29 is 14.2 Å². The van der Waals surface area contributed by atoms with E-state index in [1.165, 1.54) is 0 Å². The molecule has 6 heteroatoms. The molecule has 0 aromatic heterocycles. The zero-order chi connectivity index (χ0) is 20.7. The lowest BCUT2D eigenvalue weighted by atomic mass is 9.95. The molecule has 0 aliphatic carbocycles. The number of hydrogen-bond donors (Lipinski definition) is 0. The molecular formula is C24H21ClN2O3. The van der Waals surface area contributed by atoms with Gasteiger partial charge in [-0.3, -0.25) is 0 Å². The molecule has 0 amide bonds. The highest BCUT2D eigenvalue weighted by Crippen LogP contribution is 2.50. The first kappa shape index (κ1) is 18.8. The molecule has 0 bridgehead atoms. The number of halogens is 1. The smallest absolute Gasteiger partial charge is 0.214 e. The highest BCUT2D eigenvalue weighted by atomic mass is 35.5. The largest absolute Gasteiger partial charge is 0.497 e. The number of methoxy groups -OCH3 is 2. The summed E-state index contributed by atoms with van der Waals surface area (Å²) in [6.07, 6.45) is 0.355. The van der Waals surface area contributed by atoms with Crippen LogP contribution in [-0.2, 0) is 0 Å². The van der Waals surface area contributed by atoms with Crippen molar-refractivity contribution >= 4 is 17.3 Å². The van der Waals surface area contributed by atoms with Crippen molar-refractivity contribution in [1.29, 1.82) is 0 Å². The van der Waals surface area contributed by atoms with Crippen molar-refractivity contribution in [2.24, 2.45) is 5.10 Å². The van der Waals surface area contributed by atoms with Crippen molar-refractivity contribution in [3.8, 4) is 17.2 Å². The Morgan fingerprint density at radius 3 is 2.63 bits per heavy atom. The molecule has 2 aliphatic rings. The van der Waals surface area contributed by atoms with Gasteiger partial charge >= 0.3 is 0 Å². The van der Waals surface area contributed by atoms with E-state index >= 15 is 0 Å². The van der Waals surface area contributed by atoms with Gasteiger partial charge in [0.05, 0.1) is 26.0 Å². The average Bonchev–Trinajstić information content (AvgIpc) is 3.24. The molecule has 3 aromatic carbocycles. The van der Waals surface area contributed by atoms with Crippen LogP contribution in [0.5, 0.6) is 17.2 Å². The molecule has 152 valence electrons. The molecule has 2 unspecified atom stereocenters. The molecule has 2 atom stereocenters. The van der Waals surface area contributed by atoms with E-state index in [4.69, 9.17) is 30.9 Å². The molecule has 0 fully saturated rings. The third kappa shape index (κ3) is 3.15. The number of para-hydroxylation sites is 1. The lowest BCUT2D eigenvalue weighted by Crippen LogP contribution is -2.33. The molecule has 0 radical (unpaired) electrons. The summed E-state index contributed by atoms with van der Waals surface area (Å²) in [4.78, 5) is 0.